The van der Waals surface area contributed by atoms with Gasteiger partial charge >= 0.3 is 0 Å². The topological polar surface area (TPSA) is 27.7 Å². The number of rotatable bonds is 5. The molecule has 112 valence electrons. The SMILES string of the molecule is COc1ccc(C(Cl)c2cc(OC)c(Br)cc2OC)cc1. The average molecular weight is 372 g/mol. The maximum Gasteiger partial charge on any atom is 0.133 e. The van der Waals surface area contributed by atoms with Crippen LogP contribution >= 0.6 is 27.5 Å². The van der Waals surface area contributed by atoms with Crippen molar-refractivity contribution in [1.82, 2.24) is 0 Å². The maximum atomic E-state index is 6.60. The summed E-state index contributed by atoms with van der Waals surface area (Å²) in [5, 5.41) is -0.340. The van der Waals surface area contributed by atoms with E-state index in [0.29, 0.717) is 11.5 Å². The highest BCUT2D eigenvalue weighted by atomic mass is 79.9. The summed E-state index contributed by atoms with van der Waals surface area (Å²) in [6.07, 6.45) is 0. The predicted octanol–water partition coefficient (Wildman–Crippen LogP) is 4.80. The van der Waals surface area contributed by atoms with Gasteiger partial charge in [-0.15, -0.1) is 11.6 Å². The lowest BCUT2D eigenvalue weighted by Crippen LogP contribution is -1.99. The van der Waals surface area contributed by atoms with Crippen molar-refractivity contribution in [2.24, 2.45) is 0 Å². The maximum absolute atomic E-state index is 6.60. The number of alkyl halides is 1. The van der Waals surface area contributed by atoms with E-state index in [-0.39, 0.29) is 5.38 Å². The molecule has 0 fully saturated rings. The van der Waals surface area contributed by atoms with Crippen LogP contribution < -0.4 is 14.2 Å². The first-order valence-corrected chi connectivity index (χ1v) is 7.53. The highest BCUT2D eigenvalue weighted by molar-refractivity contribution is 9.10. The van der Waals surface area contributed by atoms with Gasteiger partial charge in [0.15, 0.2) is 0 Å². The fraction of sp³-hybridized carbons (Fsp3) is 0.250. The van der Waals surface area contributed by atoms with E-state index in [1.54, 1.807) is 21.3 Å². The van der Waals surface area contributed by atoms with Gasteiger partial charge in [0, 0.05) is 5.56 Å². The lowest BCUT2D eigenvalue weighted by Gasteiger charge is -2.17. The van der Waals surface area contributed by atoms with Crippen LogP contribution in [0.15, 0.2) is 40.9 Å². The van der Waals surface area contributed by atoms with Gasteiger partial charge in [0.2, 0.25) is 0 Å². The van der Waals surface area contributed by atoms with Crippen molar-refractivity contribution in [1.29, 1.82) is 0 Å². The molecule has 0 N–H and O–H groups in total. The lowest BCUT2D eigenvalue weighted by atomic mass is 10.0. The molecule has 1 atom stereocenters. The van der Waals surface area contributed by atoms with Crippen molar-refractivity contribution in [3.63, 3.8) is 0 Å². The Balaban J connectivity index is 2.43. The molecule has 3 nitrogen and oxygen atoms in total. The summed E-state index contributed by atoms with van der Waals surface area (Å²) < 4.78 is 16.7. The first kappa shape index (κ1) is 16.0. The fourth-order valence-electron chi connectivity index (χ4n) is 2.03. The Morgan fingerprint density at radius 1 is 0.905 bits per heavy atom. The summed E-state index contributed by atoms with van der Waals surface area (Å²) in [5.74, 6) is 2.21. The smallest absolute Gasteiger partial charge is 0.133 e. The average Bonchev–Trinajstić information content (AvgIpc) is 2.54. The molecule has 0 aliphatic carbocycles. The van der Waals surface area contributed by atoms with E-state index >= 15 is 0 Å². The van der Waals surface area contributed by atoms with Gasteiger partial charge in [-0.2, -0.15) is 0 Å². The molecule has 2 aromatic rings. The van der Waals surface area contributed by atoms with E-state index in [1.807, 2.05) is 36.4 Å². The van der Waals surface area contributed by atoms with Gasteiger partial charge in [0.25, 0.3) is 0 Å². The second-order valence-corrected chi connectivity index (χ2v) is 5.66. The van der Waals surface area contributed by atoms with E-state index in [9.17, 15) is 0 Å². The third kappa shape index (κ3) is 3.44. The molecule has 0 aromatic heterocycles. The first-order valence-electron chi connectivity index (χ1n) is 6.30. The number of halogens is 2. The highest BCUT2D eigenvalue weighted by Crippen LogP contribution is 2.41. The summed E-state index contributed by atoms with van der Waals surface area (Å²) in [5.41, 5.74) is 1.81. The van der Waals surface area contributed by atoms with Gasteiger partial charge in [-0.1, -0.05) is 12.1 Å². The van der Waals surface area contributed by atoms with Crippen LogP contribution in [0.1, 0.15) is 16.5 Å². The van der Waals surface area contributed by atoms with Crippen molar-refractivity contribution >= 4 is 27.5 Å². The Bertz CT molecular complexity index is 614. The highest BCUT2D eigenvalue weighted by Gasteiger charge is 2.18. The predicted molar refractivity (Wildman–Crippen MR) is 87.9 cm³/mol. The first-order chi connectivity index (χ1) is 10.1. The van der Waals surface area contributed by atoms with Gasteiger partial charge in [-0.3, -0.25) is 0 Å². The molecular formula is C16H16BrClO3. The molecule has 5 heteroatoms. The molecule has 0 spiro atoms. The third-order valence-corrected chi connectivity index (χ3v) is 4.29. The van der Waals surface area contributed by atoms with Crippen LogP contribution in [0.5, 0.6) is 17.2 Å². The van der Waals surface area contributed by atoms with E-state index in [0.717, 1.165) is 21.3 Å². The Kier molecular flexibility index (Phi) is 5.37. The summed E-state index contributed by atoms with van der Waals surface area (Å²) >= 11 is 10.0. The second-order valence-electron chi connectivity index (χ2n) is 4.36. The standard InChI is InChI=1S/C16H16BrClO3/c1-19-11-6-4-10(5-7-11)16(18)12-8-15(21-3)13(17)9-14(12)20-2/h4-9,16H,1-3H3. The Morgan fingerprint density at radius 3 is 2.05 bits per heavy atom. The van der Waals surface area contributed by atoms with Gasteiger partial charge < -0.3 is 14.2 Å². The van der Waals surface area contributed by atoms with Crippen molar-refractivity contribution in [3.05, 3.63) is 52.0 Å². The van der Waals surface area contributed by atoms with Gasteiger partial charge in [-0.25, -0.2) is 0 Å². The molecule has 0 saturated heterocycles. The third-order valence-electron chi connectivity index (χ3n) is 3.19. The monoisotopic (exact) mass is 370 g/mol. The molecule has 0 aliphatic rings. The van der Waals surface area contributed by atoms with Crippen LogP contribution in [-0.4, -0.2) is 21.3 Å². The van der Waals surface area contributed by atoms with Gasteiger partial charge in [-0.05, 0) is 45.8 Å². The fourth-order valence-corrected chi connectivity index (χ4v) is 2.83. The lowest BCUT2D eigenvalue weighted by molar-refractivity contribution is 0.397. The number of benzene rings is 2. The minimum Gasteiger partial charge on any atom is -0.497 e. The van der Waals surface area contributed by atoms with Crippen molar-refractivity contribution in [2.45, 2.75) is 5.38 Å². The zero-order valence-corrected chi connectivity index (χ0v) is 14.4. The molecule has 1 unspecified atom stereocenters. The number of ether oxygens (including phenoxy) is 3. The zero-order valence-electron chi connectivity index (χ0n) is 12.0. The number of hydrogen-bond acceptors (Lipinski definition) is 3. The van der Waals surface area contributed by atoms with Crippen LogP contribution in [0.2, 0.25) is 0 Å². The largest absolute Gasteiger partial charge is 0.497 e. The van der Waals surface area contributed by atoms with Crippen LogP contribution in [0.4, 0.5) is 0 Å². The molecule has 0 radical (unpaired) electrons. The van der Waals surface area contributed by atoms with Crippen molar-refractivity contribution in [3.8, 4) is 17.2 Å². The minimum atomic E-state index is -0.340. The van der Waals surface area contributed by atoms with Crippen molar-refractivity contribution < 1.29 is 14.2 Å². The summed E-state index contributed by atoms with van der Waals surface area (Å²) in [6.45, 7) is 0. The molecule has 0 aliphatic heterocycles. The van der Waals surface area contributed by atoms with Gasteiger partial charge in [0.1, 0.15) is 17.2 Å². The molecule has 2 rings (SSSR count). The Hall–Kier alpha value is -1.39. The Morgan fingerprint density at radius 2 is 1.52 bits per heavy atom. The Labute approximate surface area is 137 Å². The second kappa shape index (κ2) is 7.05. The minimum absolute atomic E-state index is 0.340. The molecule has 0 heterocycles. The van der Waals surface area contributed by atoms with Crippen LogP contribution in [0, 0.1) is 0 Å². The van der Waals surface area contributed by atoms with Gasteiger partial charge in [0.05, 0.1) is 31.2 Å². The molecule has 0 amide bonds. The molecule has 21 heavy (non-hydrogen) atoms. The summed E-state index contributed by atoms with van der Waals surface area (Å²) in [6, 6.07) is 11.4. The molecule has 0 saturated carbocycles. The van der Waals surface area contributed by atoms with Crippen LogP contribution in [0.3, 0.4) is 0 Å². The van der Waals surface area contributed by atoms with E-state index in [4.69, 9.17) is 25.8 Å². The van der Waals surface area contributed by atoms with Crippen molar-refractivity contribution in [2.75, 3.05) is 21.3 Å². The molecule has 0 bridgehead atoms. The molecule has 2 aromatic carbocycles. The van der Waals surface area contributed by atoms with E-state index in [2.05, 4.69) is 15.9 Å². The summed E-state index contributed by atoms with van der Waals surface area (Å²) in [7, 11) is 4.87. The molecular weight excluding hydrogens is 356 g/mol. The van der Waals surface area contributed by atoms with E-state index < -0.39 is 0 Å². The summed E-state index contributed by atoms with van der Waals surface area (Å²) in [4.78, 5) is 0. The number of methoxy groups -OCH3 is 3. The normalized spacial score (nSPS) is 11.9. The zero-order chi connectivity index (χ0) is 15.4. The van der Waals surface area contributed by atoms with E-state index in [1.165, 1.54) is 0 Å². The van der Waals surface area contributed by atoms with Crippen LogP contribution in [0.25, 0.3) is 0 Å². The van der Waals surface area contributed by atoms with Crippen LogP contribution in [-0.2, 0) is 0 Å². The quantitative estimate of drug-likeness (QED) is 0.706. The number of hydrogen-bond donors (Lipinski definition) is 0.